The summed E-state index contributed by atoms with van der Waals surface area (Å²) in [7, 11) is 0. The predicted octanol–water partition coefficient (Wildman–Crippen LogP) is 7.45. The van der Waals surface area contributed by atoms with E-state index < -0.39 is 0 Å². The van der Waals surface area contributed by atoms with E-state index in [1.54, 1.807) is 34.8 Å². The number of rotatable bonds is 4. The van der Waals surface area contributed by atoms with Crippen molar-refractivity contribution >= 4 is 61.5 Å². The van der Waals surface area contributed by atoms with Crippen LogP contribution in [0.4, 0.5) is 5.00 Å². The molecule has 3 nitrogen and oxygen atoms in total. The first-order chi connectivity index (χ1) is 15.1. The van der Waals surface area contributed by atoms with Gasteiger partial charge in [-0.1, -0.05) is 48.9 Å². The Morgan fingerprint density at radius 3 is 2.81 bits per heavy atom. The number of carbonyl (C=O) groups is 1. The van der Waals surface area contributed by atoms with Crippen LogP contribution in [0.15, 0.2) is 54.6 Å². The van der Waals surface area contributed by atoms with Gasteiger partial charge < -0.3 is 5.32 Å². The third-order valence-corrected chi connectivity index (χ3v) is 8.14. The molecule has 2 aromatic heterocycles. The van der Waals surface area contributed by atoms with Gasteiger partial charge in [0.1, 0.15) is 10.0 Å². The van der Waals surface area contributed by atoms with Crippen molar-refractivity contribution < 1.29 is 4.79 Å². The summed E-state index contributed by atoms with van der Waals surface area (Å²) in [5.74, 6) is 0.506. The Morgan fingerprint density at radius 2 is 1.97 bits per heavy atom. The lowest BCUT2D eigenvalue weighted by atomic mass is 9.88. The molecule has 0 fully saturated rings. The molecule has 2 aromatic carbocycles. The largest absolute Gasteiger partial charge is 0.313 e. The Hall–Kier alpha value is -2.47. The maximum absolute atomic E-state index is 12.8. The van der Waals surface area contributed by atoms with E-state index >= 15 is 0 Å². The smallest absolute Gasteiger partial charge is 0.249 e. The second-order valence-corrected chi connectivity index (χ2v) is 10.4. The number of thiazole rings is 1. The van der Waals surface area contributed by atoms with Crippen LogP contribution in [0, 0.1) is 5.92 Å². The van der Waals surface area contributed by atoms with Crippen molar-refractivity contribution in [3.05, 3.63) is 75.6 Å². The van der Waals surface area contributed by atoms with Crippen LogP contribution >= 0.6 is 34.3 Å². The van der Waals surface area contributed by atoms with E-state index in [0.717, 1.165) is 44.2 Å². The number of nitrogens with zero attached hydrogens (tertiary/aromatic N) is 1. The topological polar surface area (TPSA) is 42.0 Å². The summed E-state index contributed by atoms with van der Waals surface area (Å²) >= 11 is 9.60. The number of amides is 1. The Kier molecular flexibility index (Phi) is 5.65. The normalized spacial score (nSPS) is 16.0. The molecule has 31 heavy (non-hydrogen) atoms. The van der Waals surface area contributed by atoms with E-state index in [1.165, 1.54) is 16.9 Å². The van der Waals surface area contributed by atoms with Crippen molar-refractivity contribution in [1.82, 2.24) is 4.98 Å². The second-order valence-electron chi connectivity index (χ2n) is 7.89. The third kappa shape index (κ3) is 4.18. The van der Waals surface area contributed by atoms with Gasteiger partial charge in [-0.25, -0.2) is 4.98 Å². The number of fused-ring (bicyclic) bond motifs is 2. The average molecular weight is 465 g/mol. The molecule has 1 aliphatic rings. The fraction of sp³-hybridized carbons (Fsp3) is 0.200. The van der Waals surface area contributed by atoms with Gasteiger partial charge in [0.2, 0.25) is 5.91 Å². The van der Waals surface area contributed by atoms with Crippen LogP contribution in [0.1, 0.15) is 29.3 Å². The van der Waals surface area contributed by atoms with Gasteiger partial charge in [0, 0.05) is 21.5 Å². The molecule has 0 bridgehead atoms. The highest BCUT2D eigenvalue weighted by molar-refractivity contribution is 7.23. The monoisotopic (exact) mass is 464 g/mol. The number of halogens is 1. The quantitative estimate of drug-likeness (QED) is 0.318. The highest BCUT2D eigenvalue weighted by Gasteiger charge is 2.27. The molecule has 156 valence electrons. The number of thiophene rings is 1. The average Bonchev–Trinajstić information content (AvgIpc) is 3.33. The van der Waals surface area contributed by atoms with Gasteiger partial charge in [0.05, 0.1) is 10.2 Å². The van der Waals surface area contributed by atoms with E-state index in [4.69, 9.17) is 16.6 Å². The molecule has 0 saturated carbocycles. The number of para-hydroxylation sites is 1. The minimum atomic E-state index is -0.158. The molecule has 1 amide bonds. The zero-order valence-corrected chi connectivity index (χ0v) is 19.4. The summed E-state index contributed by atoms with van der Waals surface area (Å²) in [6.45, 7) is 2.30. The lowest BCUT2D eigenvalue weighted by Crippen LogP contribution is -2.09. The van der Waals surface area contributed by atoms with Crippen molar-refractivity contribution in [2.75, 3.05) is 5.32 Å². The molecule has 5 rings (SSSR count). The number of anilines is 1. The van der Waals surface area contributed by atoms with Gasteiger partial charge in [0.25, 0.3) is 0 Å². The SMILES string of the molecule is CC1CCc2c(sc(NC(=O)C=Cc3ccccc3Cl)c2-c2nc3ccccc3s2)C1. The molecule has 0 saturated heterocycles. The molecule has 0 radical (unpaired) electrons. The lowest BCUT2D eigenvalue weighted by Gasteiger charge is -2.18. The van der Waals surface area contributed by atoms with E-state index in [-0.39, 0.29) is 5.91 Å². The molecule has 6 heteroatoms. The number of hydrogen-bond acceptors (Lipinski definition) is 4. The molecule has 0 spiro atoms. The highest BCUT2D eigenvalue weighted by atomic mass is 35.5. The maximum atomic E-state index is 12.8. The van der Waals surface area contributed by atoms with E-state index in [2.05, 4.69) is 18.3 Å². The lowest BCUT2D eigenvalue weighted by molar-refractivity contribution is -0.111. The van der Waals surface area contributed by atoms with E-state index in [1.807, 2.05) is 42.5 Å². The standard InChI is InChI=1S/C25H21ClN2OS2/c1-15-10-12-17-21(14-15)31-25(23(17)24-27-19-8-4-5-9-20(19)30-24)28-22(29)13-11-16-6-2-3-7-18(16)26/h2-9,11,13,15H,10,12,14H2,1H3,(H,28,29). The van der Waals surface area contributed by atoms with Crippen molar-refractivity contribution in [3.63, 3.8) is 0 Å². The van der Waals surface area contributed by atoms with Crippen LogP contribution in [0.25, 0.3) is 26.9 Å². The van der Waals surface area contributed by atoms with Crippen LogP contribution in [-0.4, -0.2) is 10.9 Å². The van der Waals surface area contributed by atoms with Crippen LogP contribution in [0.2, 0.25) is 5.02 Å². The summed E-state index contributed by atoms with van der Waals surface area (Å²) < 4.78 is 1.16. The minimum Gasteiger partial charge on any atom is -0.313 e. The molecular formula is C25H21ClN2OS2. The van der Waals surface area contributed by atoms with Crippen LogP contribution < -0.4 is 5.32 Å². The van der Waals surface area contributed by atoms with Gasteiger partial charge in [-0.3, -0.25) is 4.79 Å². The molecule has 0 aliphatic heterocycles. The first kappa shape index (κ1) is 20.4. The van der Waals surface area contributed by atoms with Crippen molar-refractivity contribution in [3.8, 4) is 10.6 Å². The fourth-order valence-electron chi connectivity index (χ4n) is 3.97. The molecule has 1 aliphatic carbocycles. The summed E-state index contributed by atoms with van der Waals surface area (Å²) in [6.07, 6.45) is 6.56. The minimum absolute atomic E-state index is 0.158. The van der Waals surface area contributed by atoms with Crippen LogP contribution in [-0.2, 0) is 17.6 Å². The molecule has 1 unspecified atom stereocenters. The van der Waals surface area contributed by atoms with Gasteiger partial charge in [-0.2, -0.15) is 0 Å². The molecule has 4 aromatic rings. The summed E-state index contributed by atoms with van der Waals surface area (Å²) in [5.41, 5.74) is 4.28. The van der Waals surface area contributed by atoms with Gasteiger partial charge in [0.15, 0.2) is 0 Å². The summed E-state index contributed by atoms with van der Waals surface area (Å²) in [5, 5.41) is 5.64. The highest BCUT2D eigenvalue weighted by Crippen LogP contribution is 2.47. The zero-order valence-electron chi connectivity index (χ0n) is 17.0. The summed E-state index contributed by atoms with van der Waals surface area (Å²) in [6, 6.07) is 15.7. The Bertz CT molecular complexity index is 1270. The molecule has 1 atom stereocenters. The Balaban J connectivity index is 1.50. The van der Waals surface area contributed by atoms with Gasteiger partial charge in [-0.05, 0) is 60.6 Å². The predicted molar refractivity (Wildman–Crippen MR) is 133 cm³/mol. The summed E-state index contributed by atoms with van der Waals surface area (Å²) in [4.78, 5) is 19.0. The molecule has 2 heterocycles. The van der Waals surface area contributed by atoms with E-state index in [9.17, 15) is 4.79 Å². The van der Waals surface area contributed by atoms with Crippen molar-refractivity contribution in [2.24, 2.45) is 5.92 Å². The maximum Gasteiger partial charge on any atom is 0.249 e. The number of nitrogens with one attached hydrogen (secondary N) is 1. The van der Waals surface area contributed by atoms with Crippen molar-refractivity contribution in [2.45, 2.75) is 26.2 Å². The zero-order chi connectivity index (χ0) is 21.4. The first-order valence-electron chi connectivity index (χ1n) is 10.3. The van der Waals surface area contributed by atoms with Crippen molar-refractivity contribution in [1.29, 1.82) is 0 Å². The second kappa shape index (κ2) is 8.58. The fourth-order valence-corrected chi connectivity index (χ4v) is 6.70. The van der Waals surface area contributed by atoms with E-state index in [0.29, 0.717) is 10.9 Å². The Labute approximate surface area is 194 Å². The van der Waals surface area contributed by atoms with Crippen LogP contribution in [0.3, 0.4) is 0 Å². The van der Waals surface area contributed by atoms with Crippen LogP contribution in [0.5, 0.6) is 0 Å². The number of benzene rings is 2. The number of carbonyl (C=O) groups excluding carboxylic acids is 1. The molecular weight excluding hydrogens is 444 g/mol. The first-order valence-corrected chi connectivity index (χ1v) is 12.3. The number of hydrogen-bond donors (Lipinski definition) is 1. The molecule has 1 N–H and O–H groups in total. The number of aromatic nitrogens is 1. The Morgan fingerprint density at radius 1 is 1.16 bits per heavy atom. The third-order valence-electron chi connectivity index (χ3n) is 5.58. The van der Waals surface area contributed by atoms with Gasteiger partial charge in [-0.15, -0.1) is 22.7 Å². The van der Waals surface area contributed by atoms with Gasteiger partial charge >= 0.3 is 0 Å².